The van der Waals surface area contributed by atoms with E-state index < -0.39 is 0 Å². The summed E-state index contributed by atoms with van der Waals surface area (Å²) in [6.07, 6.45) is 5.75. The lowest BCUT2D eigenvalue weighted by Gasteiger charge is -2.12. The summed E-state index contributed by atoms with van der Waals surface area (Å²) in [5.41, 5.74) is 6.62. The van der Waals surface area contributed by atoms with Gasteiger partial charge in [-0.1, -0.05) is 76.7 Å². The molecule has 2 aromatic carbocycles. The molecule has 2 aromatic rings. The summed E-state index contributed by atoms with van der Waals surface area (Å²) in [7, 11) is 0. The van der Waals surface area contributed by atoms with Crippen molar-refractivity contribution in [3.63, 3.8) is 0 Å². The quantitative estimate of drug-likeness (QED) is 0.452. The van der Waals surface area contributed by atoms with Gasteiger partial charge in [0.1, 0.15) is 0 Å². The Balaban J connectivity index is 0.000000931. The van der Waals surface area contributed by atoms with E-state index in [2.05, 4.69) is 48.4 Å². The second-order valence-electron chi connectivity index (χ2n) is 5.92. The minimum absolute atomic E-state index is 0. The van der Waals surface area contributed by atoms with E-state index in [9.17, 15) is 4.79 Å². The number of nitrogens with one attached hydrogen (secondary N) is 2. The smallest absolute Gasteiger partial charge is 0.312 e. The fraction of sp³-hybridized carbons (Fsp3) is 0.320. The van der Waals surface area contributed by atoms with Crippen molar-refractivity contribution < 1.29 is 4.79 Å². The molecular formula is C25H36N2O. The number of amides is 2. The molecule has 0 atom stereocenters. The number of urea groups is 1. The van der Waals surface area contributed by atoms with Gasteiger partial charge in [-0.15, -0.1) is 6.58 Å². The van der Waals surface area contributed by atoms with Crippen LogP contribution >= 0.6 is 0 Å². The average molecular weight is 381 g/mol. The molecule has 0 saturated heterocycles. The van der Waals surface area contributed by atoms with Crippen LogP contribution in [0.25, 0.3) is 11.1 Å². The third-order valence-electron chi connectivity index (χ3n) is 4.10. The van der Waals surface area contributed by atoms with Gasteiger partial charge in [-0.25, -0.2) is 4.79 Å². The first kappa shape index (κ1) is 25.2. The topological polar surface area (TPSA) is 41.1 Å². The number of fused-ring (bicyclic) bond motifs is 3. The van der Waals surface area contributed by atoms with Gasteiger partial charge in [-0.3, -0.25) is 0 Å². The van der Waals surface area contributed by atoms with Crippen LogP contribution in [0.1, 0.15) is 59.6 Å². The Labute approximate surface area is 171 Å². The van der Waals surface area contributed by atoms with E-state index in [0.717, 1.165) is 29.8 Å². The predicted molar refractivity (Wildman–Crippen MR) is 125 cm³/mol. The maximum absolute atomic E-state index is 12.0. The SMILES string of the molecule is C.C/C=C(\C)NC(=O)Nc1cccc2c1-c1ccccc1C2.C=CCC.CC. The van der Waals surface area contributed by atoms with Gasteiger partial charge in [0.2, 0.25) is 0 Å². The molecule has 1 aliphatic rings. The number of hydrogen-bond donors (Lipinski definition) is 2. The number of rotatable bonds is 3. The summed E-state index contributed by atoms with van der Waals surface area (Å²) in [4.78, 5) is 12.0. The summed E-state index contributed by atoms with van der Waals surface area (Å²) >= 11 is 0. The highest BCUT2D eigenvalue weighted by Gasteiger charge is 2.21. The van der Waals surface area contributed by atoms with Crippen LogP contribution in [0.15, 0.2) is 66.9 Å². The Kier molecular flexibility index (Phi) is 12.0. The second kappa shape index (κ2) is 13.4. The first-order valence-electron chi connectivity index (χ1n) is 9.62. The molecule has 0 fully saturated rings. The molecular weight excluding hydrogens is 344 g/mol. The highest BCUT2D eigenvalue weighted by molar-refractivity contribution is 5.97. The Morgan fingerprint density at radius 1 is 1.11 bits per heavy atom. The summed E-state index contributed by atoms with van der Waals surface area (Å²) in [5, 5.41) is 5.76. The second-order valence-corrected chi connectivity index (χ2v) is 5.92. The monoisotopic (exact) mass is 380 g/mol. The van der Waals surface area contributed by atoms with E-state index in [4.69, 9.17) is 0 Å². The number of allylic oxidation sites excluding steroid dienone is 3. The van der Waals surface area contributed by atoms with Crippen molar-refractivity contribution in [3.8, 4) is 11.1 Å². The van der Waals surface area contributed by atoms with Crippen molar-refractivity contribution in [2.45, 2.75) is 54.9 Å². The highest BCUT2D eigenvalue weighted by atomic mass is 16.2. The lowest BCUT2D eigenvalue weighted by atomic mass is 10.0. The van der Waals surface area contributed by atoms with Crippen molar-refractivity contribution in [2.75, 3.05) is 5.32 Å². The van der Waals surface area contributed by atoms with Crippen LogP contribution in [0.4, 0.5) is 10.5 Å². The molecule has 3 nitrogen and oxygen atoms in total. The molecule has 0 aliphatic heterocycles. The van der Waals surface area contributed by atoms with E-state index in [1.807, 2.05) is 58.0 Å². The van der Waals surface area contributed by atoms with Gasteiger partial charge in [0.25, 0.3) is 0 Å². The fourth-order valence-electron chi connectivity index (χ4n) is 2.70. The molecule has 0 unspecified atom stereocenters. The summed E-state index contributed by atoms with van der Waals surface area (Å²) < 4.78 is 0. The van der Waals surface area contributed by atoms with Gasteiger partial charge in [0.15, 0.2) is 0 Å². The Hall–Kier alpha value is -2.81. The number of carbonyl (C=O) groups excluding carboxylic acids is 1. The molecule has 3 rings (SSSR count). The predicted octanol–water partition coefficient (Wildman–Crippen LogP) is 7.55. The molecule has 0 heterocycles. The number of hydrogen-bond acceptors (Lipinski definition) is 1. The van der Waals surface area contributed by atoms with Crippen molar-refractivity contribution in [3.05, 3.63) is 78.0 Å². The lowest BCUT2D eigenvalue weighted by Crippen LogP contribution is -2.27. The molecule has 0 radical (unpaired) electrons. The normalized spacial score (nSPS) is 10.5. The fourth-order valence-corrected chi connectivity index (χ4v) is 2.70. The Bertz CT molecular complexity index is 791. The number of carbonyl (C=O) groups is 1. The molecule has 1 aliphatic carbocycles. The molecule has 0 aromatic heterocycles. The average Bonchev–Trinajstić information content (AvgIpc) is 3.09. The summed E-state index contributed by atoms with van der Waals surface area (Å²) in [6.45, 7) is 13.3. The van der Waals surface area contributed by atoms with Crippen molar-refractivity contribution in [1.82, 2.24) is 5.32 Å². The molecule has 2 N–H and O–H groups in total. The van der Waals surface area contributed by atoms with Crippen LogP contribution in [0.2, 0.25) is 0 Å². The van der Waals surface area contributed by atoms with E-state index in [0.29, 0.717) is 0 Å². The van der Waals surface area contributed by atoms with E-state index in [-0.39, 0.29) is 13.5 Å². The van der Waals surface area contributed by atoms with Crippen LogP contribution in [0.5, 0.6) is 0 Å². The van der Waals surface area contributed by atoms with Gasteiger partial charge in [0.05, 0.1) is 5.69 Å². The summed E-state index contributed by atoms with van der Waals surface area (Å²) in [5.74, 6) is 0. The van der Waals surface area contributed by atoms with Crippen LogP contribution in [-0.4, -0.2) is 6.03 Å². The van der Waals surface area contributed by atoms with E-state index in [1.165, 1.54) is 16.7 Å². The van der Waals surface area contributed by atoms with Crippen LogP contribution in [0, 0.1) is 0 Å². The molecule has 0 saturated carbocycles. The van der Waals surface area contributed by atoms with E-state index >= 15 is 0 Å². The minimum atomic E-state index is -0.205. The van der Waals surface area contributed by atoms with Gasteiger partial charge >= 0.3 is 6.03 Å². The largest absolute Gasteiger partial charge is 0.323 e. The first-order valence-corrected chi connectivity index (χ1v) is 9.62. The molecule has 0 spiro atoms. The molecule has 28 heavy (non-hydrogen) atoms. The maximum atomic E-state index is 12.0. The van der Waals surface area contributed by atoms with Gasteiger partial charge in [-0.2, -0.15) is 0 Å². The van der Waals surface area contributed by atoms with E-state index in [1.54, 1.807) is 0 Å². The highest BCUT2D eigenvalue weighted by Crippen LogP contribution is 2.41. The maximum Gasteiger partial charge on any atom is 0.323 e. The first-order chi connectivity index (χ1) is 13.1. The van der Waals surface area contributed by atoms with Crippen LogP contribution in [-0.2, 0) is 6.42 Å². The number of anilines is 1. The zero-order chi connectivity index (χ0) is 20.2. The molecule has 152 valence electrons. The Morgan fingerprint density at radius 2 is 1.71 bits per heavy atom. The van der Waals surface area contributed by atoms with Crippen molar-refractivity contribution in [2.24, 2.45) is 0 Å². The van der Waals surface area contributed by atoms with Gasteiger partial charge < -0.3 is 10.6 Å². The zero-order valence-electron chi connectivity index (χ0n) is 17.2. The Morgan fingerprint density at radius 3 is 2.32 bits per heavy atom. The lowest BCUT2D eigenvalue weighted by molar-refractivity contribution is 0.254. The molecule has 0 bridgehead atoms. The summed E-state index contributed by atoms with van der Waals surface area (Å²) in [6, 6.07) is 14.2. The van der Waals surface area contributed by atoms with Crippen LogP contribution < -0.4 is 10.6 Å². The number of benzene rings is 2. The van der Waals surface area contributed by atoms with Gasteiger partial charge in [-0.05, 0) is 49.4 Å². The zero-order valence-corrected chi connectivity index (χ0v) is 17.2. The third kappa shape index (κ3) is 6.73. The van der Waals surface area contributed by atoms with Crippen molar-refractivity contribution in [1.29, 1.82) is 0 Å². The standard InChI is InChI=1S/C18H18N2O.C4H8.C2H6.CH4/c1-3-12(2)19-18(21)20-16-10-6-8-14-11-13-7-4-5-9-15(13)17(14)16;1-3-4-2;1-2;/h3-10H,11H2,1-2H3,(H2,19,20,21);3H,1,4H2,2H3;1-2H3;1H4/b12-3+;;;. The molecule has 2 amide bonds. The third-order valence-corrected chi connectivity index (χ3v) is 4.10. The van der Waals surface area contributed by atoms with Crippen molar-refractivity contribution >= 4 is 11.7 Å². The molecule has 3 heteroatoms. The van der Waals surface area contributed by atoms with Crippen LogP contribution in [0.3, 0.4) is 0 Å². The minimum Gasteiger partial charge on any atom is -0.312 e. The van der Waals surface area contributed by atoms with Gasteiger partial charge in [0, 0.05) is 11.3 Å².